The molecule has 188 valence electrons. The lowest BCUT2D eigenvalue weighted by atomic mass is 9.81. The van der Waals surface area contributed by atoms with E-state index in [1.54, 1.807) is 17.0 Å². The van der Waals surface area contributed by atoms with Gasteiger partial charge in [0.15, 0.2) is 17.6 Å². The van der Waals surface area contributed by atoms with Gasteiger partial charge in [-0.2, -0.15) is 0 Å². The zero-order valence-electron chi connectivity index (χ0n) is 20.1. The third-order valence-electron chi connectivity index (χ3n) is 7.60. The predicted octanol–water partition coefficient (Wildman–Crippen LogP) is 3.45. The van der Waals surface area contributed by atoms with Crippen molar-refractivity contribution < 1.29 is 28.6 Å². The van der Waals surface area contributed by atoms with E-state index in [1.807, 2.05) is 37.3 Å². The number of benzene rings is 2. The van der Waals surface area contributed by atoms with Crippen LogP contribution in [0, 0.1) is 12.8 Å². The summed E-state index contributed by atoms with van der Waals surface area (Å²) in [5, 5.41) is 2.89. The molecule has 4 atom stereocenters. The van der Waals surface area contributed by atoms with Crippen LogP contribution in [0.4, 0.5) is 10.5 Å². The molecule has 9 nitrogen and oxygen atoms in total. The summed E-state index contributed by atoms with van der Waals surface area (Å²) in [6.45, 7) is 2.03. The fourth-order valence-electron chi connectivity index (χ4n) is 5.84. The number of ether oxygens (including phenoxy) is 3. The van der Waals surface area contributed by atoms with Gasteiger partial charge in [0.05, 0.1) is 18.7 Å². The number of nitrogens with zero attached hydrogens (tertiary/aromatic N) is 2. The number of rotatable bonds is 5. The van der Waals surface area contributed by atoms with Crippen LogP contribution in [0.2, 0.25) is 0 Å². The van der Waals surface area contributed by atoms with Crippen LogP contribution in [-0.2, 0) is 20.9 Å². The lowest BCUT2D eigenvalue weighted by molar-refractivity contribution is -0.147. The molecule has 4 amide bonds. The van der Waals surface area contributed by atoms with Crippen molar-refractivity contribution in [2.24, 2.45) is 5.92 Å². The first-order valence-corrected chi connectivity index (χ1v) is 12.5. The van der Waals surface area contributed by atoms with Crippen molar-refractivity contribution in [3.8, 4) is 11.5 Å². The minimum Gasteiger partial charge on any atom is -0.454 e. The van der Waals surface area contributed by atoms with E-state index < -0.39 is 18.2 Å². The van der Waals surface area contributed by atoms with E-state index in [0.29, 0.717) is 17.2 Å². The van der Waals surface area contributed by atoms with E-state index in [0.717, 1.165) is 36.8 Å². The summed E-state index contributed by atoms with van der Waals surface area (Å²) in [7, 11) is 0. The number of hydrogen-bond acceptors (Lipinski definition) is 6. The van der Waals surface area contributed by atoms with Gasteiger partial charge in [0.25, 0.3) is 5.91 Å². The van der Waals surface area contributed by atoms with Crippen LogP contribution in [0.1, 0.15) is 36.8 Å². The minimum atomic E-state index is -0.767. The second-order valence-corrected chi connectivity index (χ2v) is 9.97. The summed E-state index contributed by atoms with van der Waals surface area (Å²) in [4.78, 5) is 43.1. The number of amides is 4. The first-order chi connectivity index (χ1) is 17.5. The standard InChI is InChI=1S/C27H29N3O6/c1-16-6-9-18(10-7-16)28-23(31)14-29-24-19-4-2-3-5-20(19)36-25(24)26(32)30(27(29)33)13-17-8-11-21-22(12-17)35-15-34-21/h6-12,19-20,24-25H,2-5,13-15H2,1H3,(H,28,31). The quantitative estimate of drug-likeness (QED) is 0.688. The van der Waals surface area contributed by atoms with Crippen LogP contribution in [0.3, 0.4) is 0 Å². The molecule has 0 spiro atoms. The minimum absolute atomic E-state index is 0.0523. The van der Waals surface area contributed by atoms with E-state index in [1.165, 1.54) is 4.90 Å². The van der Waals surface area contributed by atoms with Gasteiger partial charge in [-0.1, -0.05) is 36.6 Å². The van der Waals surface area contributed by atoms with E-state index in [2.05, 4.69) is 5.32 Å². The SMILES string of the molecule is Cc1ccc(NC(=O)CN2C(=O)N(Cc3ccc4c(c3)OCO4)C(=O)C3OC4CCCCC4C32)cc1. The third kappa shape index (κ3) is 4.07. The first kappa shape index (κ1) is 22.8. The van der Waals surface area contributed by atoms with Crippen molar-refractivity contribution in [1.29, 1.82) is 0 Å². The fourth-order valence-corrected chi connectivity index (χ4v) is 5.84. The van der Waals surface area contributed by atoms with Gasteiger partial charge >= 0.3 is 6.03 Å². The number of anilines is 1. The summed E-state index contributed by atoms with van der Waals surface area (Å²) >= 11 is 0. The lowest BCUT2D eigenvalue weighted by Gasteiger charge is -2.43. The Morgan fingerprint density at radius 3 is 2.64 bits per heavy atom. The molecule has 1 N–H and O–H groups in total. The number of fused-ring (bicyclic) bond motifs is 4. The fraction of sp³-hybridized carbons (Fsp3) is 0.444. The maximum absolute atomic E-state index is 13.8. The molecule has 0 bridgehead atoms. The van der Waals surface area contributed by atoms with E-state index in [9.17, 15) is 14.4 Å². The highest BCUT2D eigenvalue weighted by molar-refractivity contribution is 6.02. The predicted molar refractivity (Wildman–Crippen MR) is 129 cm³/mol. The molecular formula is C27H29N3O6. The van der Waals surface area contributed by atoms with Gasteiger partial charge in [0.2, 0.25) is 12.7 Å². The highest BCUT2D eigenvalue weighted by atomic mass is 16.7. The molecule has 4 aliphatic rings. The second kappa shape index (κ2) is 9.13. The smallest absolute Gasteiger partial charge is 0.327 e. The average Bonchev–Trinajstić information content (AvgIpc) is 3.50. The van der Waals surface area contributed by atoms with Crippen molar-refractivity contribution in [2.75, 3.05) is 18.7 Å². The number of imide groups is 1. The zero-order chi connectivity index (χ0) is 24.8. The maximum Gasteiger partial charge on any atom is 0.327 e. The van der Waals surface area contributed by atoms with Gasteiger partial charge in [0.1, 0.15) is 6.54 Å². The molecule has 2 aromatic carbocycles. The average molecular weight is 492 g/mol. The second-order valence-electron chi connectivity index (χ2n) is 9.97. The molecule has 3 fully saturated rings. The Kier molecular flexibility index (Phi) is 5.79. The molecule has 2 aromatic rings. The van der Waals surface area contributed by atoms with E-state index >= 15 is 0 Å². The van der Waals surface area contributed by atoms with Crippen LogP contribution in [0.25, 0.3) is 0 Å². The normalized spacial score (nSPS) is 26.6. The van der Waals surface area contributed by atoms with Crippen molar-refractivity contribution in [3.63, 3.8) is 0 Å². The largest absolute Gasteiger partial charge is 0.454 e. The third-order valence-corrected chi connectivity index (χ3v) is 7.60. The summed E-state index contributed by atoms with van der Waals surface area (Å²) in [6.07, 6.45) is 2.98. The van der Waals surface area contributed by atoms with E-state index in [-0.39, 0.29) is 43.7 Å². The van der Waals surface area contributed by atoms with Crippen molar-refractivity contribution in [2.45, 2.75) is 57.4 Å². The monoisotopic (exact) mass is 491 g/mol. The van der Waals surface area contributed by atoms with Crippen molar-refractivity contribution in [1.82, 2.24) is 9.80 Å². The highest BCUT2D eigenvalue weighted by Gasteiger charge is 2.57. The summed E-state index contributed by atoms with van der Waals surface area (Å²) in [5.74, 6) is 0.624. The van der Waals surface area contributed by atoms with Gasteiger partial charge < -0.3 is 24.4 Å². The number of urea groups is 1. The van der Waals surface area contributed by atoms with Crippen molar-refractivity contribution >= 4 is 23.5 Å². The Hall–Kier alpha value is -3.59. The number of nitrogens with one attached hydrogen (secondary N) is 1. The van der Waals surface area contributed by atoms with Crippen LogP contribution in [0.5, 0.6) is 11.5 Å². The lowest BCUT2D eigenvalue weighted by Crippen LogP contribution is -2.65. The topological polar surface area (TPSA) is 97.4 Å². The zero-order valence-corrected chi connectivity index (χ0v) is 20.1. The van der Waals surface area contributed by atoms with Gasteiger partial charge in [0, 0.05) is 11.6 Å². The Morgan fingerprint density at radius 1 is 1.03 bits per heavy atom. The Labute approximate surface area is 209 Å². The maximum atomic E-state index is 13.8. The Morgan fingerprint density at radius 2 is 1.81 bits per heavy atom. The van der Waals surface area contributed by atoms with Gasteiger partial charge in [-0.3, -0.25) is 14.5 Å². The van der Waals surface area contributed by atoms with Gasteiger partial charge in [-0.05, 0) is 49.6 Å². The molecule has 36 heavy (non-hydrogen) atoms. The molecule has 3 heterocycles. The van der Waals surface area contributed by atoms with Crippen LogP contribution in [-0.4, -0.2) is 59.2 Å². The first-order valence-electron chi connectivity index (χ1n) is 12.5. The molecule has 0 radical (unpaired) electrons. The van der Waals surface area contributed by atoms with Crippen LogP contribution in [0.15, 0.2) is 42.5 Å². The van der Waals surface area contributed by atoms with Gasteiger partial charge in [-0.25, -0.2) is 4.79 Å². The van der Waals surface area contributed by atoms with E-state index in [4.69, 9.17) is 14.2 Å². The van der Waals surface area contributed by atoms with Crippen LogP contribution < -0.4 is 14.8 Å². The van der Waals surface area contributed by atoms with Gasteiger partial charge in [-0.15, -0.1) is 0 Å². The molecule has 4 unspecified atom stereocenters. The number of aryl methyl sites for hydroxylation is 1. The van der Waals surface area contributed by atoms with Crippen molar-refractivity contribution in [3.05, 3.63) is 53.6 Å². The molecule has 3 aliphatic heterocycles. The summed E-state index contributed by atoms with van der Waals surface area (Å²) in [6, 6.07) is 12.0. The van der Waals surface area contributed by atoms with Crippen LogP contribution >= 0.6 is 0 Å². The highest BCUT2D eigenvalue weighted by Crippen LogP contribution is 2.43. The Balaban J connectivity index is 1.26. The number of hydrogen-bond donors (Lipinski definition) is 1. The number of carbonyl (C=O) groups excluding carboxylic acids is 3. The molecular weight excluding hydrogens is 462 g/mol. The molecule has 2 saturated heterocycles. The molecule has 6 rings (SSSR count). The Bertz CT molecular complexity index is 1200. The summed E-state index contributed by atoms with van der Waals surface area (Å²) < 4.78 is 17.1. The molecule has 1 saturated carbocycles. The molecule has 1 aliphatic carbocycles. The molecule has 0 aromatic heterocycles. The number of carbonyl (C=O) groups is 3. The molecule has 9 heteroatoms. The summed E-state index contributed by atoms with van der Waals surface area (Å²) in [5.41, 5.74) is 2.49.